The van der Waals surface area contributed by atoms with Crippen LogP contribution in [0.2, 0.25) is 0 Å². The second kappa shape index (κ2) is 6.05. The highest BCUT2D eigenvalue weighted by atomic mass is 16.6. The van der Waals surface area contributed by atoms with Crippen LogP contribution in [0.3, 0.4) is 0 Å². The van der Waals surface area contributed by atoms with Crippen LogP contribution in [0.15, 0.2) is 0 Å². The molecule has 0 spiro atoms. The molecule has 1 aromatic heterocycles. The van der Waals surface area contributed by atoms with Crippen molar-refractivity contribution in [3.8, 4) is 0 Å². The number of aryl methyl sites for hydroxylation is 1. The Balaban J connectivity index is 1.75. The molecular formula is C14H19N3O5. The smallest absolute Gasteiger partial charge is 0.340 e. The summed E-state index contributed by atoms with van der Waals surface area (Å²) in [6.45, 7) is 3.08. The summed E-state index contributed by atoms with van der Waals surface area (Å²) in [6.07, 6.45) is 1.85. The van der Waals surface area contributed by atoms with E-state index >= 15 is 0 Å². The van der Waals surface area contributed by atoms with E-state index in [4.69, 9.17) is 9.47 Å². The van der Waals surface area contributed by atoms with Crippen molar-refractivity contribution in [2.75, 3.05) is 19.8 Å². The third-order valence-electron chi connectivity index (χ3n) is 4.05. The number of hydrogen-bond donors (Lipinski definition) is 3. The number of amides is 1. The van der Waals surface area contributed by atoms with Gasteiger partial charge in [0.2, 0.25) is 0 Å². The molecule has 2 unspecified atom stereocenters. The maximum Gasteiger partial charge on any atom is 0.340 e. The first-order valence-corrected chi connectivity index (χ1v) is 7.36. The molecule has 0 radical (unpaired) electrons. The summed E-state index contributed by atoms with van der Waals surface area (Å²) < 4.78 is 11.1. The molecule has 1 aliphatic heterocycles. The van der Waals surface area contributed by atoms with Crippen LogP contribution in [0, 0.1) is 12.8 Å². The van der Waals surface area contributed by atoms with E-state index in [9.17, 15) is 14.7 Å². The SMILES string of the molecule is Cc1[nH]nc(C(=O)NC(C2CC2)C2COCCO2)c1C(=O)O. The van der Waals surface area contributed by atoms with Crippen molar-refractivity contribution in [1.82, 2.24) is 15.5 Å². The van der Waals surface area contributed by atoms with E-state index < -0.39 is 11.9 Å². The van der Waals surface area contributed by atoms with Gasteiger partial charge in [-0.2, -0.15) is 5.10 Å². The van der Waals surface area contributed by atoms with Crippen LogP contribution in [-0.4, -0.2) is 59.1 Å². The number of nitrogens with zero attached hydrogens (tertiary/aromatic N) is 1. The maximum absolute atomic E-state index is 12.4. The molecule has 120 valence electrons. The summed E-state index contributed by atoms with van der Waals surface area (Å²) in [4.78, 5) is 23.7. The van der Waals surface area contributed by atoms with Gasteiger partial charge in [0, 0.05) is 5.69 Å². The lowest BCUT2D eigenvalue weighted by atomic mass is 10.0. The molecule has 3 N–H and O–H groups in total. The molecule has 2 aliphatic rings. The van der Waals surface area contributed by atoms with Crippen molar-refractivity contribution in [3.63, 3.8) is 0 Å². The molecule has 22 heavy (non-hydrogen) atoms. The van der Waals surface area contributed by atoms with Gasteiger partial charge in [-0.1, -0.05) is 0 Å². The molecule has 0 bridgehead atoms. The molecule has 2 heterocycles. The second-order valence-electron chi connectivity index (χ2n) is 5.70. The van der Waals surface area contributed by atoms with E-state index in [2.05, 4.69) is 15.5 Å². The Morgan fingerprint density at radius 3 is 2.77 bits per heavy atom. The second-order valence-corrected chi connectivity index (χ2v) is 5.70. The van der Waals surface area contributed by atoms with Gasteiger partial charge in [-0.15, -0.1) is 0 Å². The summed E-state index contributed by atoms with van der Waals surface area (Å²) in [5.41, 5.74) is 0.179. The number of hydrogen-bond acceptors (Lipinski definition) is 5. The quantitative estimate of drug-likeness (QED) is 0.723. The third-order valence-corrected chi connectivity index (χ3v) is 4.05. The summed E-state index contributed by atoms with van der Waals surface area (Å²) in [7, 11) is 0. The van der Waals surface area contributed by atoms with Gasteiger partial charge in [0.1, 0.15) is 11.7 Å². The maximum atomic E-state index is 12.4. The van der Waals surface area contributed by atoms with E-state index in [1.54, 1.807) is 6.92 Å². The number of carbonyl (C=O) groups is 2. The number of rotatable bonds is 5. The van der Waals surface area contributed by atoms with E-state index in [-0.39, 0.29) is 23.4 Å². The van der Waals surface area contributed by atoms with Crippen molar-refractivity contribution in [1.29, 1.82) is 0 Å². The van der Waals surface area contributed by atoms with Crippen LogP contribution in [0.4, 0.5) is 0 Å². The fourth-order valence-corrected chi connectivity index (χ4v) is 2.76. The zero-order chi connectivity index (χ0) is 15.7. The zero-order valence-corrected chi connectivity index (χ0v) is 12.3. The van der Waals surface area contributed by atoms with E-state index in [0.717, 1.165) is 12.8 Å². The number of aromatic nitrogens is 2. The molecule has 1 amide bonds. The van der Waals surface area contributed by atoms with Crippen LogP contribution < -0.4 is 5.32 Å². The van der Waals surface area contributed by atoms with E-state index in [0.29, 0.717) is 31.4 Å². The van der Waals surface area contributed by atoms with Gasteiger partial charge in [0.25, 0.3) is 5.91 Å². The fraction of sp³-hybridized carbons (Fsp3) is 0.643. The number of nitrogens with one attached hydrogen (secondary N) is 2. The average molecular weight is 309 g/mol. The summed E-state index contributed by atoms with van der Waals surface area (Å²) in [5.74, 6) is -1.31. The number of ether oxygens (including phenoxy) is 2. The molecule has 8 nitrogen and oxygen atoms in total. The first-order chi connectivity index (χ1) is 10.6. The summed E-state index contributed by atoms with van der Waals surface area (Å²) in [5, 5.41) is 18.5. The minimum absolute atomic E-state index is 0.0899. The molecule has 0 aromatic carbocycles. The Labute approximate surface area is 127 Å². The van der Waals surface area contributed by atoms with Crippen molar-refractivity contribution in [3.05, 3.63) is 17.0 Å². The monoisotopic (exact) mass is 309 g/mol. The third kappa shape index (κ3) is 2.97. The minimum atomic E-state index is -1.17. The zero-order valence-electron chi connectivity index (χ0n) is 12.3. The van der Waals surface area contributed by atoms with Crippen molar-refractivity contribution in [2.24, 2.45) is 5.92 Å². The largest absolute Gasteiger partial charge is 0.478 e. The normalized spacial score (nSPS) is 23.0. The number of H-pyrrole nitrogens is 1. The lowest BCUT2D eigenvalue weighted by Gasteiger charge is -2.31. The van der Waals surface area contributed by atoms with Crippen LogP contribution in [0.1, 0.15) is 39.4 Å². The highest BCUT2D eigenvalue weighted by Gasteiger charge is 2.40. The van der Waals surface area contributed by atoms with Crippen LogP contribution in [0.5, 0.6) is 0 Å². The number of aromatic amines is 1. The summed E-state index contributed by atoms with van der Waals surface area (Å²) >= 11 is 0. The molecule has 8 heteroatoms. The Morgan fingerprint density at radius 1 is 1.41 bits per heavy atom. The van der Waals surface area contributed by atoms with Gasteiger partial charge in [0.05, 0.1) is 25.9 Å². The molecule has 1 saturated heterocycles. The molecular weight excluding hydrogens is 290 g/mol. The Morgan fingerprint density at radius 2 is 2.18 bits per heavy atom. The predicted molar refractivity (Wildman–Crippen MR) is 74.8 cm³/mol. The first kappa shape index (κ1) is 15.0. The van der Waals surface area contributed by atoms with E-state index in [1.807, 2.05) is 0 Å². The first-order valence-electron chi connectivity index (χ1n) is 7.36. The highest BCUT2D eigenvalue weighted by molar-refractivity contribution is 6.04. The standard InChI is InChI=1S/C14H19N3O5/c1-7-10(14(19)20)12(17-16-7)13(18)15-11(8-2-3-8)9-6-21-4-5-22-9/h8-9,11H,2-6H2,1H3,(H,15,18)(H,16,17)(H,19,20). The number of carboxylic acids is 1. The molecule has 2 fully saturated rings. The average Bonchev–Trinajstić information content (AvgIpc) is 3.27. The minimum Gasteiger partial charge on any atom is -0.478 e. The molecule has 1 saturated carbocycles. The lowest BCUT2D eigenvalue weighted by Crippen LogP contribution is -2.50. The number of carboxylic acid groups (broad SMARTS) is 1. The van der Waals surface area contributed by atoms with Crippen LogP contribution in [-0.2, 0) is 9.47 Å². The van der Waals surface area contributed by atoms with Gasteiger partial charge >= 0.3 is 5.97 Å². The fourth-order valence-electron chi connectivity index (χ4n) is 2.76. The van der Waals surface area contributed by atoms with Crippen LogP contribution in [0.25, 0.3) is 0 Å². The molecule has 2 atom stereocenters. The van der Waals surface area contributed by atoms with E-state index in [1.165, 1.54) is 0 Å². The molecule has 3 rings (SSSR count). The summed E-state index contributed by atoms with van der Waals surface area (Å²) in [6, 6.07) is -0.175. The van der Waals surface area contributed by atoms with Crippen molar-refractivity contribution < 1.29 is 24.2 Å². The highest BCUT2D eigenvalue weighted by Crippen LogP contribution is 2.35. The Bertz CT molecular complexity index is 575. The Kier molecular flexibility index (Phi) is 4.12. The van der Waals surface area contributed by atoms with Gasteiger partial charge in [-0.05, 0) is 25.7 Å². The van der Waals surface area contributed by atoms with Crippen LogP contribution >= 0.6 is 0 Å². The molecule has 1 aliphatic carbocycles. The molecule has 1 aromatic rings. The van der Waals surface area contributed by atoms with Gasteiger partial charge in [0.15, 0.2) is 5.69 Å². The van der Waals surface area contributed by atoms with Gasteiger partial charge < -0.3 is 19.9 Å². The number of aromatic carboxylic acids is 1. The number of carbonyl (C=O) groups excluding carboxylic acids is 1. The van der Waals surface area contributed by atoms with Crippen molar-refractivity contribution >= 4 is 11.9 Å². The van der Waals surface area contributed by atoms with Crippen molar-refractivity contribution in [2.45, 2.75) is 31.9 Å². The van der Waals surface area contributed by atoms with Gasteiger partial charge in [-0.25, -0.2) is 4.79 Å². The Hall–Kier alpha value is -1.93. The predicted octanol–water partition coefficient (Wildman–Crippen LogP) is 0.340. The lowest BCUT2D eigenvalue weighted by molar-refractivity contribution is -0.103. The van der Waals surface area contributed by atoms with Gasteiger partial charge in [-0.3, -0.25) is 9.89 Å². The topological polar surface area (TPSA) is 114 Å².